The lowest BCUT2D eigenvalue weighted by Gasteiger charge is -2.14. The first kappa shape index (κ1) is 16.4. The van der Waals surface area contributed by atoms with E-state index in [1.807, 2.05) is 13.0 Å². The van der Waals surface area contributed by atoms with Crippen molar-refractivity contribution in [3.05, 3.63) is 40.0 Å². The summed E-state index contributed by atoms with van der Waals surface area (Å²) in [5, 5.41) is 9.10. The van der Waals surface area contributed by atoms with Crippen LogP contribution < -0.4 is 10.6 Å². The third-order valence-corrected chi connectivity index (χ3v) is 3.95. The normalized spacial score (nSPS) is 11.3. The summed E-state index contributed by atoms with van der Waals surface area (Å²) in [7, 11) is 0. The van der Waals surface area contributed by atoms with Crippen molar-refractivity contribution < 1.29 is 4.79 Å². The number of hydrogen-bond donors (Lipinski definition) is 2. The first-order valence-corrected chi connectivity index (χ1v) is 8.21. The lowest BCUT2D eigenvalue weighted by Crippen LogP contribution is -2.22. The number of pyridine rings is 1. The lowest BCUT2D eigenvalue weighted by atomic mass is 9.93. The molecule has 2 aromatic rings. The van der Waals surface area contributed by atoms with Crippen LogP contribution in [-0.4, -0.2) is 22.4 Å². The van der Waals surface area contributed by atoms with Gasteiger partial charge in [-0.05, 0) is 19.1 Å². The Morgan fingerprint density at radius 3 is 2.64 bits per heavy atom. The summed E-state index contributed by atoms with van der Waals surface area (Å²) in [6, 6.07) is 3.58. The molecule has 0 radical (unpaired) electrons. The minimum absolute atomic E-state index is 0.0707. The smallest absolute Gasteiger partial charge is 0.252 e. The first-order valence-electron chi connectivity index (χ1n) is 7.33. The quantitative estimate of drug-likeness (QED) is 0.888. The van der Waals surface area contributed by atoms with E-state index in [0.717, 1.165) is 16.5 Å². The van der Waals surface area contributed by atoms with E-state index in [-0.39, 0.29) is 11.3 Å². The molecule has 22 heavy (non-hydrogen) atoms. The van der Waals surface area contributed by atoms with Gasteiger partial charge in [-0.3, -0.25) is 4.79 Å². The van der Waals surface area contributed by atoms with Gasteiger partial charge in [0.1, 0.15) is 10.8 Å². The molecule has 0 saturated heterocycles. The average Bonchev–Trinajstić information content (AvgIpc) is 2.95. The molecule has 5 nitrogen and oxygen atoms in total. The van der Waals surface area contributed by atoms with Crippen LogP contribution in [0.25, 0.3) is 0 Å². The summed E-state index contributed by atoms with van der Waals surface area (Å²) < 4.78 is 0. The van der Waals surface area contributed by atoms with E-state index in [0.29, 0.717) is 18.7 Å². The van der Waals surface area contributed by atoms with Gasteiger partial charge in [0.25, 0.3) is 5.91 Å². The monoisotopic (exact) mass is 318 g/mol. The minimum Gasteiger partial charge on any atom is -0.364 e. The molecule has 0 aliphatic rings. The summed E-state index contributed by atoms with van der Waals surface area (Å²) in [6.45, 7) is 9.59. The third-order valence-electron chi connectivity index (χ3n) is 3.10. The largest absolute Gasteiger partial charge is 0.364 e. The molecular formula is C16H22N4OS. The highest BCUT2D eigenvalue weighted by atomic mass is 32.1. The molecule has 0 aliphatic heterocycles. The molecule has 6 heteroatoms. The van der Waals surface area contributed by atoms with Crippen molar-refractivity contribution in [1.82, 2.24) is 15.3 Å². The molecule has 1 amide bonds. The number of amides is 1. The molecular weight excluding hydrogens is 296 g/mol. The average molecular weight is 318 g/mol. The number of carbonyl (C=O) groups is 1. The number of carbonyl (C=O) groups excluding carboxylic acids is 1. The van der Waals surface area contributed by atoms with Gasteiger partial charge in [0.05, 0.1) is 17.8 Å². The molecule has 2 rings (SSSR count). The predicted octanol–water partition coefficient (Wildman–Crippen LogP) is 3.20. The van der Waals surface area contributed by atoms with Crippen LogP contribution in [0.4, 0.5) is 5.82 Å². The maximum Gasteiger partial charge on any atom is 0.252 e. The molecule has 0 fully saturated rings. The van der Waals surface area contributed by atoms with Gasteiger partial charge in [-0.15, -0.1) is 11.3 Å². The molecule has 0 atom stereocenters. The van der Waals surface area contributed by atoms with Crippen LogP contribution in [0.3, 0.4) is 0 Å². The first-order chi connectivity index (χ1) is 10.4. The van der Waals surface area contributed by atoms with Crippen molar-refractivity contribution in [2.24, 2.45) is 0 Å². The van der Waals surface area contributed by atoms with Crippen LogP contribution in [0.2, 0.25) is 0 Å². The second-order valence-electron chi connectivity index (χ2n) is 6.02. The van der Waals surface area contributed by atoms with E-state index in [1.54, 1.807) is 23.6 Å². The lowest BCUT2D eigenvalue weighted by molar-refractivity contribution is 0.0955. The fraction of sp³-hybridized carbons (Fsp3) is 0.438. The molecule has 0 unspecified atom stereocenters. The highest BCUT2D eigenvalue weighted by molar-refractivity contribution is 7.09. The van der Waals surface area contributed by atoms with Gasteiger partial charge < -0.3 is 10.6 Å². The number of aromatic nitrogens is 2. The Hall–Kier alpha value is -1.95. The van der Waals surface area contributed by atoms with Gasteiger partial charge in [-0.25, -0.2) is 9.97 Å². The summed E-state index contributed by atoms with van der Waals surface area (Å²) in [6.07, 6.45) is 1.58. The summed E-state index contributed by atoms with van der Waals surface area (Å²) in [4.78, 5) is 20.5. The zero-order valence-corrected chi connectivity index (χ0v) is 14.3. The van der Waals surface area contributed by atoms with Gasteiger partial charge in [-0.2, -0.15) is 0 Å². The second-order valence-corrected chi connectivity index (χ2v) is 6.96. The summed E-state index contributed by atoms with van der Waals surface area (Å²) in [5.74, 6) is 0.636. The van der Waals surface area contributed by atoms with E-state index in [4.69, 9.17) is 0 Å². The zero-order chi connectivity index (χ0) is 16.2. The second kappa shape index (κ2) is 6.87. The van der Waals surface area contributed by atoms with E-state index >= 15 is 0 Å². The van der Waals surface area contributed by atoms with Crippen molar-refractivity contribution in [1.29, 1.82) is 0 Å². The molecule has 2 aromatic heterocycles. The maximum absolute atomic E-state index is 11.7. The number of hydrogen-bond acceptors (Lipinski definition) is 5. The molecule has 0 bridgehead atoms. The van der Waals surface area contributed by atoms with Crippen LogP contribution in [0, 0.1) is 0 Å². The number of thiazole rings is 1. The molecule has 118 valence electrons. The number of rotatable bonds is 5. The zero-order valence-electron chi connectivity index (χ0n) is 13.4. The number of nitrogens with one attached hydrogen (secondary N) is 2. The minimum atomic E-state index is -0.101. The Bertz CT molecular complexity index is 628. The van der Waals surface area contributed by atoms with Crippen molar-refractivity contribution in [3.63, 3.8) is 0 Å². The molecule has 2 N–H and O–H groups in total. The van der Waals surface area contributed by atoms with Crippen molar-refractivity contribution >= 4 is 23.1 Å². The maximum atomic E-state index is 11.7. The Morgan fingerprint density at radius 2 is 2.09 bits per heavy atom. The van der Waals surface area contributed by atoms with Gasteiger partial charge in [0.15, 0.2) is 0 Å². The van der Waals surface area contributed by atoms with Crippen molar-refractivity contribution in [3.8, 4) is 0 Å². The molecule has 0 aliphatic carbocycles. The highest BCUT2D eigenvalue weighted by Crippen LogP contribution is 2.24. The van der Waals surface area contributed by atoms with Crippen LogP contribution in [0.15, 0.2) is 23.7 Å². The van der Waals surface area contributed by atoms with E-state index < -0.39 is 0 Å². The van der Waals surface area contributed by atoms with Gasteiger partial charge in [0.2, 0.25) is 0 Å². The van der Waals surface area contributed by atoms with Gasteiger partial charge in [0, 0.05) is 23.5 Å². The van der Waals surface area contributed by atoms with Crippen LogP contribution in [0.5, 0.6) is 0 Å². The van der Waals surface area contributed by atoms with E-state index in [2.05, 4.69) is 46.8 Å². The molecule has 0 spiro atoms. The fourth-order valence-corrected chi connectivity index (χ4v) is 2.76. The topological polar surface area (TPSA) is 66.9 Å². The Morgan fingerprint density at radius 1 is 1.32 bits per heavy atom. The molecule has 0 aromatic carbocycles. The van der Waals surface area contributed by atoms with Gasteiger partial charge in [-0.1, -0.05) is 20.8 Å². The molecule has 2 heterocycles. The van der Waals surface area contributed by atoms with E-state index in [9.17, 15) is 4.79 Å². The van der Waals surface area contributed by atoms with Crippen LogP contribution in [-0.2, 0) is 12.0 Å². The number of nitrogens with zero attached hydrogens (tertiary/aromatic N) is 2. The van der Waals surface area contributed by atoms with Crippen molar-refractivity contribution in [2.75, 3.05) is 11.9 Å². The summed E-state index contributed by atoms with van der Waals surface area (Å²) in [5.41, 5.74) is 1.74. The van der Waals surface area contributed by atoms with Crippen LogP contribution >= 0.6 is 11.3 Å². The fourth-order valence-electron chi connectivity index (χ4n) is 1.80. The Balaban J connectivity index is 1.94. The SMILES string of the molecule is CCNC(=O)c1ccc(NCc2nc(C(C)(C)C)cs2)nc1. The van der Waals surface area contributed by atoms with Crippen LogP contribution in [0.1, 0.15) is 48.8 Å². The van der Waals surface area contributed by atoms with Crippen molar-refractivity contribution in [2.45, 2.75) is 39.7 Å². The predicted molar refractivity (Wildman–Crippen MR) is 90.4 cm³/mol. The molecule has 0 saturated carbocycles. The Kier molecular flexibility index (Phi) is 5.13. The Labute approximate surface area is 135 Å². The van der Waals surface area contributed by atoms with Gasteiger partial charge >= 0.3 is 0 Å². The van der Waals surface area contributed by atoms with E-state index in [1.165, 1.54) is 0 Å². The number of anilines is 1. The third kappa shape index (κ3) is 4.27. The standard InChI is InChI=1S/C16H22N4OS/c1-5-17-15(21)11-6-7-13(18-8-11)19-9-14-20-12(10-22-14)16(2,3)4/h6-8,10H,5,9H2,1-4H3,(H,17,21)(H,18,19). The summed E-state index contributed by atoms with van der Waals surface area (Å²) >= 11 is 1.64. The highest BCUT2D eigenvalue weighted by Gasteiger charge is 2.17.